The molecule has 1 aliphatic carbocycles. The maximum Gasteiger partial charge on any atom is 0.0409 e. The highest BCUT2D eigenvalue weighted by molar-refractivity contribution is 6.30. The number of halogens is 1. The van der Waals surface area contributed by atoms with Crippen molar-refractivity contribution >= 4 is 11.6 Å². The lowest BCUT2D eigenvalue weighted by Gasteiger charge is -2.36. The average Bonchev–Trinajstić information content (AvgIpc) is 2.47. The Bertz CT molecular complexity index is 421. The van der Waals surface area contributed by atoms with Gasteiger partial charge in [-0.2, -0.15) is 0 Å². The molecule has 20 heavy (non-hydrogen) atoms. The predicted molar refractivity (Wildman–Crippen MR) is 87.0 cm³/mol. The van der Waals surface area contributed by atoms with Crippen LogP contribution in [0, 0.1) is 11.8 Å². The lowest BCUT2D eigenvalue weighted by Crippen LogP contribution is -2.36. The fraction of sp³-hybridized carbons (Fsp3) is 0.647. The van der Waals surface area contributed by atoms with E-state index in [2.05, 4.69) is 31.0 Å². The normalized spacial score (nSPS) is 24.9. The van der Waals surface area contributed by atoms with Crippen LogP contribution in [0.15, 0.2) is 24.3 Å². The molecule has 1 aromatic carbocycles. The molecule has 3 unspecified atom stereocenters. The van der Waals surface area contributed by atoms with Gasteiger partial charge in [0.2, 0.25) is 0 Å². The molecule has 0 spiro atoms. The van der Waals surface area contributed by atoms with Gasteiger partial charge in [0.05, 0.1) is 0 Å². The quantitative estimate of drug-likeness (QED) is 0.886. The van der Waals surface area contributed by atoms with E-state index in [1.807, 2.05) is 12.1 Å². The van der Waals surface area contributed by atoms with Crippen LogP contribution in [0.3, 0.4) is 0 Å². The lowest BCUT2D eigenvalue weighted by molar-refractivity contribution is 0.148. The minimum absolute atomic E-state index is 0.397. The molecule has 0 heterocycles. The predicted octanol–water partition coefficient (Wildman–Crippen LogP) is 4.10. The summed E-state index contributed by atoms with van der Waals surface area (Å²) >= 11 is 6.10. The lowest BCUT2D eigenvalue weighted by atomic mass is 9.79. The van der Waals surface area contributed by atoms with Gasteiger partial charge in [-0.05, 0) is 62.9 Å². The first-order valence-corrected chi connectivity index (χ1v) is 8.15. The summed E-state index contributed by atoms with van der Waals surface area (Å²) in [4.78, 5) is 2.45. The van der Waals surface area contributed by atoms with Crippen LogP contribution < -0.4 is 5.73 Å². The molecule has 0 amide bonds. The van der Waals surface area contributed by atoms with Crippen LogP contribution in [-0.2, 0) is 0 Å². The van der Waals surface area contributed by atoms with Crippen LogP contribution in [0.1, 0.15) is 44.2 Å². The highest BCUT2D eigenvalue weighted by atomic mass is 35.5. The second-order valence-corrected chi connectivity index (χ2v) is 6.65. The van der Waals surface area contributed by atoms with Crippen molar-refractivity contribution in [2.45, 2.75) is 38.6 Å². The number of rotatable bonds is 5. The van der Waals surface area contributed by atoms with Crippen LogP contribution in [0.4, 0.5) is 0 Å². The Morgan fingerprint density at radius 2 is 2.00 bits per heavy atom. The summed E-state index contributed by atoms with van der Waals surface area (Å²) in [5.41, 5.74) is 7.23. The van der Waals surface area contributed by atoms with E-state index in [0.717, 1.165) is 24.0 Å². The van der Waals surface area contributed by atoms with Crippen molar-refractivity contribution in [1.29, 1.82) is 0 Å². The van der Waals surface area contributed by atoms with Gasteiger partial charge in [0.25, 0.3) is 0 Å². The minimum atomic E-state index is 0.397. The smallest absolute Gasteiger partial charge is 0.0409 e. The van der Waals surface area contributed by atoms with Crippen LogP contribution >= 0.6 is 11.6 Å². The second-order valence-electron chi connectivity index (χ2n) is 6.21. The Morgan fingerprint density at radius 1 is 1.30 bits per heavy atom. The number of benzene rings is 1. The van der Waals surface area contributed by atoms with Gasteiger partial charge in [-0.3, -0.25) is 4.90 Å². The molecule has 0 saturated heterocycles. The second kappa shape index (κ2) is 7.44. The van der Waals surface area contributed by atoms with E-state index < -0.39 is 0 Å². The van der Waals surface area contributed by atoms with Gasteiger partial charge in [0, 0.05) is 17.6 Å². The Morgan fingerprint density at radius 3 is 2.65 bits per heavy atom. The van der Waals surface area contributed by atoms with E-state index in [1.54, 1.807) is 0 Å². The fourth-order valence-electron chi connectivity index (χ4n) is 3.38. The molecular formula is C17H27ClN2. The molecule has 1 saturated carbocycles. The summed E-state index contributed by atoms with van der Waals surface area (Å²) in [5, 5.41) is 0.820. The fourth-order valence-corrected chi connectivity index (χ4v) is 3.58. The molecule has 0 aliphatic heterocycles. The van der Waals surface area contributed by atoms with Gasteiger partial charge >= 0.3 is 0 Å². The summed E-state index contributed by atoms with van der Waals surface area (Å²) in [7, 11) is 2.22. The van der Waals surface area contributed by atoms with Crippen molar-refractivity contribution in [3.05, 3.63) is 34.9 Å². The van der Waals surface area contributed by atoms with Crippen molar-refractivity contribution in [1.82, 2.24) is 4.90 Å². The minimum Gasteiger partial charge on any atom is -0.330 e. The molecule has 2 nitrogen and oxygen atoms in total. The van der Waals surface area contributed by atoms with Gasteiger partial charge in [-0.1, -0.05) is 36.6 Å². The summed E-state index contributed by atoms with van der Waals surface area (Å²) in [6.45, 7) is 4.23. The molecule has 3 atom stereocenters. The first-order chi connectivity index (χ1) is 9.61. The van der Waals surface area contributed by atoms with E-state index in [0.29, 0.717) is 12.0 Å². The maximum absolute atomic E-state index is 6.10. The van der Waals surface area contributed by atoms with E-state index in [9.17, 15) is 0 Å². The van der Waals surface area contributed by atoms with Gasteiger partial charge in [0.1, 0.15) is 0 Å². The van der Waals surface area contributed by atoms with Gasteiger partial charge in [-0.15, -0.1) is 0 Å². The zero-order valence-electron chi connectivity index (χ0n) is 12.7. The van der Waals surface area contributed by atoms with Crippen LogP contribution in [0.25, 0.3) is 0 Å². The van der Waals surface area contributed by atoms with Crippen molar-refractivity contribution in [3.8, 4) is 0 Å². The third-order valence-corrected chi connectivity index (χ3v) is 5.12. The summed E-state index contributed by atoms with van der Waals surface area (Å²) in [5.74, 6) is 1.46. The molecule has 0 aromatic heterocycles. The van der Waals surface area contributed by atoms with Crippen LogP contribution in [0.2, 0.25) is 5.02 Å². The van der Waals surface area contributed by atoms with E-state index in [1.165, 1.54) is 31.2 Å². The third-order valence-electron chi connectivity index (χ3n) is 4.88. The standard InChI is InChI=1S/C17H27ClN2/c1-13(14-8-5-9-17(18)10-14)20(2)12-16-7-4-3-6-15(16)11-19/h5,8-10,13,15-16H,3-4,6-7,11-12,19H2,1-2H3. The van der Waals surface area contributed by atoms with E-state index in [-0.39, 0.29) is 0 Å². The van der Waals surface area contributed by atoms with Crippen molar-refractivity contribution < 1.29 is 0 Å². The van der Waals surface area contributed by atoms with E-state index in [4.69, 9.17) is 17.3 Å². The third kappa shape index (κ3) is 3.97. The van der Waals surface area contributed by atoms with Crippen LogP contribution in [0.5, 0.6) is 0 Å². The molecule has 1 aliphatic rings. The number of hydrogen-bond donors (Lipinski definition) is 1. The van der Waals surface area contributed by atoms with Crippen molar-refractivity contribution in [3.63, 3.8) is 0 Å². The highest BCUT2D eigenvalue weighted by Crippen LogP contribution is 2.31. The number of nitrogens with two attached hydrogens (primary N) is 1. The summed E-state index contributed by atoms with van der Waals surface area (Å²) in [6, 6.07) is 8.60. The molecule has 0 radical (unpaired) electrons. The zero-order chi connectivity index (χ0) is 14.5. The van der Waals surface area contributed by atoms with Crippen molar-refractivity contribution in [2.75, 3.05) is 20.1 Å². The molecule has 3 heteroatoms. The number of nitrogens with zero attached hydrogens (tertiary/aromatic N) is 1. The van der Waals surface area contributed by atoms with Gasteiger partial charge in [0.15, 0.2) is 0 Å². The van der Waals surface area contributed by atoms with Crippen molar-refractivity contribution in [2.24, 2.45) is 17.6 Å². The Labute approximate surface area is 128 Å². The Balaban J connectivity index is 1.98. The first-order valence-electron chi connectivity index (χ1n) is 7.77. The monoisotopic (exact) mass is 294 g/mol. The molecule has 2 rings (SSSR count). The zero-order valence-corrected chi connectivity index (χ0v) is 13.4. The molecule has 1 aromatic rings. The molecule has 2 N–H and O–H groups in total. The summed E-state index contributed by atoms with van der Waals surface area (Å²) < 4.78 is 0. The first kappa shape index (κ1) is 15.8. The molecule has 1 fully saturated rings. The topological polar surface area (TPSA) is 29.3 Å². The Kier molecular flexibility index (Phi) is 5.88. The van der Waals surface area contributed by atoms with Crippen LogP contribution in [-0.4, -0.2) is 25.0 Å². The van der Waals surface area contributed by atoms with Gasteiger partial charge in [-0.25, -0.2) is 0 Å². The molecule has 0 bridgehead atoms. The van der Waals surface area contributed by atoms with E-state index >= 15 is 0 Å². The Hall–Kier alpha value is -0.570. The van der Waals surface area contributed by atoms with Gasteiger partial charge < -0.3 is 5.73 Å². The highest BCUT2D eigenvalue weighted by Gasteiger charge is 2.26. The number of hydrogen-bond acceptors (Lipinski definition) is 2. The maximum atomic E-state index is 6.10. The average molecular weight is 295 g/mol. The largest absolute Gasteiger partial charge is 0.330 e. The summed E-state index contributed by atoms with van der Waals surface area (Å²) in [6.07, 6.45) is 5.35. The molecule has 112 valence electrons. The SMILES string of the molecule is CC(c1cccc(Cl)c1)N(C)CC1CCCCC1CN. The molecular weight excluding hydrogens is 268 g/mol.